The maximum atomic E-state index is 13.7. The number of benzene rings is 2. The Morgan fingerprint density at radius 2 is 2.13 bits per heavy atom. The number of amides is 1. The molecule has 1 amide bonds. The van der Waals surface area contributed by atoms with Crippen molar-refractivity contribution in [3.63, 3.8) is 0 Å². The second kappa shape index (κ2) is 9.30. The Balaban J connectivity index is 1.35. The van der Waals surface area contributed by atoms with E-state index in [1.54, 1.807) is 23.2 Å². The van der Waals surface area contributed by atoms with E-state index < -0.39 is 5.82 Å². The Morgan fingerprint density at radius 1 is 1.27 bits per heavy atom. The third-order valence-electron chi connectivity index (χ3n) is 5.15. The fourth-order valence-corrected chi connectivity index (χ4v) is 3.85. The summed E-state index contributed by atoms with van der Waals surface area (Å²) in [5.74, 6) is 0.864. The van der Waals surface area contributed by atoms with Crippen molar-refractivity contribution >= 4 is 17.5 Å². The van der Waals surface area contributed by atoms with Crippen LogP contribution in [0, 0.1) is 5.82 Å². The standard InChI is InChI=1S/C23H22ClFN2O3/c24-18-7-3-5-16(11-18)12-19-13-26-23(30-19)17-6-4-10-27(14-17)22(28)15-29-21-9-2-1-8-20(21)25/h1-3,5,7-9,11,13,17H,4,6,10,12,14-15H2/t17-/m0/s1. The van der Waals surface area contributed by atoms with Crippen LogP contribution in [-0.2, 0) is 11.2 Å². The third kappa shape index (κ3) is 5.00. The van der Waals surface area contributed by atoms with E-state index in [0.717, 1.165) is 24.2 Å². The fraction of sp³-hybridized carbons (Fsp3) is 0.304. The Hall–Kier alpha value is -2.86. The van der Waals surface area contributed by atoms with Gasteiger partial charge in [0.2, 0.25) is 0 Å². The number of hydrogen-bond donors (Lipinski definition) is 0. The molecule has 1 fully saturated rings. The average Bonchev–Trinajstić information content (AvgIpc) is 3.21. The number of aromatic nitrogens is 1. The molecule has 0 unspecified atom stereocenters. The molecule has 0 bridgehead atoms. The van der Waals surface area contributed by atoms with Crippen molar-refractivity contribution in [1.82, 2.24) is 9.88 Å². The van der Waals surface area contributed by atoms with Crippen LogP contribution in [0.1, 0.15) is 36.0 Å². The molecule has 1 saturated heterocycles. The van der Waals surface area contributed by atoms with Crippen LogP contribution in [-0.4, -0.2) is 35.5 Å². The van der Waals surface area contributed by atoms with Crippen LogP contribution in [0.3, 0.4) is 0 Å². The van der Waals surface area contributed by atoms with Crippen molar-refractivity contribution in [2.24, 2.45) is 0 Å². The number of hydrogen-bond acceptors (Lipinski definition) is 4. The van der Waals surface area contributed by atoms with Gasteiger partial charge in [0.05, 0.1) is 12.1 Å². The van der Waals surface area contributed by atoms with Gasteiger partial charge in [-0.05, 0) is 42.7 Å². The summed E-state index contributed by atoms with van der Waals surface area (Å²) in [6.07, 6.45) is 4.09. The molecule has 7 heteroatoms. The molecule has 2 aromatic carbocycles. The summed E-state index contributed by atoms with van der Waals surface area (Å²) in [6.45, 7) is 0.960. The zero-order valence-corrected chi connectivity index (χ0v) is 17.1. The van der Waals surface area contributed by atoms with E-state index in [2.05, 4.69) is 4.98 Å². The van der Waals surface area contributed by atoms with Gasteiger partial charge in [-0.25, -0.2) is 9.37 Å². The predicted molar refractivity (Wildman–Crippen MR) is 111 cm³/mol. The maximum Gasteiger partial charge on any atom is 0.260 e. The number of rotatable bonds is 6. The summed E-state index contributed by atoms with van der Waals surface area (Å²) < 4.78 is 25.0. The largest absolute Gasteiger partial charge is 0.481 e. The van der Waals surface area contributed by atoms with E-state index in [0.29, 0.717) is 30.4 Å². The Morgan fingerprint density at radius 3 is 2.97 bits per heavy atom. The van der Waals surface area contributed by atoms with Crippen molar-refractivity contribution < 1.29 is 18.3 Å². The summed E-state index contributed by atoms with van der Waals surface area (Å²) in [6, 6.07) is 13.7. The first-order chi connectivity index (χ1) is 14.6. The smallest absolute Gasteiger partial charge is 0.260 e. The number of ether oxygens (including phenoxy) is 1. The Kier molecular flexibility index (Phi) is 6.33. The molecule has 1 atom stereocenters. The van der Waals surface area contributed by atoms with Crippen LogP contribution in [0.4, 0.5) is 4.39 Å². The second-order valence-corrected chi connectivity index (χ2v) is 7.81. The van der Waals surface area contributed by atoms with E-state index >= 15 is 0 Å². The average molecular weight is 429 g/mol. The summed E-state index contributed by atoms with van der Waals surface area (Å²) >= 11 is 6.04. The zero-order chi connectivity index (χ0) is 20.9. The first-order valence-corrected chi connectivity index (χ1v) is 10.3. The first-order valence-electron chi connectivity index (χ1n) is 9.92. The van der Waals surface area contributed by atoms with Crippen LogP contribution in [0.5, 0.6) is 5.75 Å². The SMILES string of the molecule is O=C(COc1ccccc1F)N1CCC[C@H](c2ncc(Cc3cccc(Cl)c3)o2)C1. The highest BCUT2D eigenvalue weighted by Crippen LogP contribution is 2.27. The minimum absolute atomic E-state index is 0.0317. The second-order valence-electron chi connectivity index (χ2n) is 7.37. The Bertz CT molecular complexity index is 1020. The van der Waals surface area contributed by atoms with Gasteiger partial charge in [-0.1, -0.05) is 35.9 Å². The van der Waals surface area contributed by atoms with Gasteiger partial charge in [-0.3, -0.25) is 4.79 Å². The highest BCUT2D eigenvalue weighted by molar-refractivity contribution is 6.30. The number of para-hydroxylation sites is 1. The molecule has 1 aromatic heterocycles. The van der Waals surface area contributed by atoms with Gasteiger partial charge < -0.3 is 14.1 Å². The first kappa shape index (κ1) is 20.4. The summed E-state index contributed by atoms with van der Waals surface area (Å²) in [7, 11) is 0. The van der Waals surface area contributed by atoms with E-state index in [1.165, 1.54) is 12.1 Å². The molecule has 1 aliphatic rings. The van der Waals surface area contributed by atoms with E-state index in [9.17, 15) is 9.18 Å². The number of nitrogens with zero attached hydrogens (tertiary/aromatic N) is 2. The zero-order valence-electron chi connectivity index (χ0n) is 16.4. The lowest BCUT2D eigenvalue weighted by Gasteiger charge is -2.31. The number of carbonyl (C=O) groups excluding carboxylic acids is 1. The van der Waals surface area contributed by atoms with Gasteiger partial charge in [-0.15, -0.1) is 0 Å². The van der Waals surface area contributed by atoms with Crippen LogP contribution in [0.2, 0.25) is 5.02 Å². The van der Waals surface area contributed by atoms with Gasteiger partial charge in [0, 0.05) is 24.5 Å². The van der Waals surface area contributed by atoms with Gasteiger partial charge >= 0.3 is 0 Å². The van der Waals surface area contributed by atoms with Crippen molar-refractivity contribution in [2.45, 2.75) is 25.2 Å². The fourth-order valence-electron chi connectivity index (χ4n) is 3.64. The summed E-state index contributed by atoms with van der Waals surface area (Å²) in [5, 5.41) is 0.686. The van der Waals surface area contributed by atoms with Gasteiger partial charge in [-0.2, -0.15) is 0 Å². The molecular weight excluding hydrogens is 407 g/mol. The third-order valence-corrected chi connectivity index (χ3v) is 5.39. The van der Waals surface area contributed by atoms with Gasteiger partial charge in [0.1, 0.15) is 5.76 Å². The molecular formula is C23H22ClFN2O3. The monoisotopic (exact) mass is 428 g/mol. The molecule has 0 spiro atoms. The van der Waals surface area contributed by atoms with Crippen molar-refractivity contribution in [3.8, 4) is 5.75 Å². The topological polar surface area (TPSA) is 55.6 Å². The molecule has 0 saturated carbocycles. The van der Waals surface area contributed by atoms with E-state index in [1.807, 2.05) is 24.3 Å². The van der Waals surface area contributed by atoms with Crippen molar-refractivity contribution in [2.75, 3.05) is 19.7 Å². The minimum Gasteiger partial charge on any atom is -0.481 e. The Labute approximate surface area is 179 Å². The molecule has 30 heavy (non-hydrogen) atoms. The number of likely N-dealkylation sites (tertiary alicyclic amines) is 1. The summed E-state index contributed by atoms with van der Waals surface area (Å²) in [5.41, 5.74) is 1.05. The molecule has 156 valence electrons. The van der Waals surface area contributed by atoms with Crippen LogP contribution >= 0.6 is 11.6 Å². The maximum absolute atomic E-state index is 13.7. The lowest BCUT2D eigenvalue weighted by atomic mass is 9.98. The molecule has 4 rings (SSSR count). The number of halogens is 2. The molecule has 5 nitrogen and oxygen atoms in total. The van der Waals surface area contributed by atoms with Gasteiger partial charge in [0.15, 0.2) is 24.1 Å². The lowest BCUT2D eigenvalue weighted by molar-refractivity contribution is -0.134. The molecule has 3 aromatic rings. The minimum atomic E-state index is -0.478. The molecule has 2 heterocycles. The summed E-state index contributed by atoms with van der Waals surface area (Å²) in [4.78, 5) is 18.7. The highest BCUT2D eigenvalue weighted by Gasteiger charge is 2.28. The number of oxazole rings is 1. The van der Waals surface area contributed by atoms with Crippen molar-refractivity contribution in [3.05, 3.63) is 82.8 Å². The van der Waals surface area contributed by atoms with Crippen LogP contribution in [0.25, 0.3) is 0 Å². The quantitative estimate of drug-likeness (QED) is 0.563. The van der Waals surface area contributed by atoms with E-state index in [-0.39, 0.29) is 24.2 Å². The molecule has 0 aliphatic carbocycles. The highest BCUT2D eigenvalue weighted by atomic mass is 35.5. The predicted octanol–water partition coefficient (Wildman–Crippen LogP) is 4.84. The molecule has 0 radical (unpaired) electrons. The normalized spacial score (nSPS) is 16.5. The molecule has 0 N–H and O–H groups in total. The van der Waals surface area contributed by atoms with Crippen LogP contribution in [0.15, 0.2) is 59.1 Å². The molecule has 1 aliphatic heterocycles. The number of piperidine rings is 1. The van der Waals surface area contributed by atoms with E-state index in [4.69, 9.17) is 20.8 Å². The lowest BCUT2D eigenvalue weighted by Crippen LogP contribution is -2.41. The van der Waals surface area contributed by atoms with Crippen molar-refractivity contribution in [1.29, 1.82) is 0 Å². The van der Waals surface area contributed by atoms with Crippen LogP contribution < -0.4 is 4.74 Å². The van der Waals surface area contributed by atoms with Gasteiger partial charge in [0.25, 0.3) is 5.91 Å². The number of carbonyl (C=O) groups is 1.